The molecular formula is C28H35NO2. The van der Waals surface area contributed by atoms with Crippen LogP contribution in [0.25, 0.3) is 0 Å². The maximum Gasteiger partial charge on any atom is 0.226 e. The van der Waals surface area contributed by atoms with Gasteiger partial charge in [-0.3, -0.25) is 4.79 Å². The highest BCUT2D eigenvalue weighted by Crippen LogP contribution is 2.65. The van der Waals surface area contributed by atoms with Gasteiger partial charge < -0.3 is 10.1 Å². The summed E-state index contributed by atoms with van der Waals surface area (Å²) in [6, 6.07) is 15.2. The molecule has 0 aliphatic heterocycles. The maximum atomic E-state index is 13.6. The van der Waals surface area contributed by atoms with E-state index in [9.17, 15) is 4.79 Å². The molecule has 3 nitrogen and oxygen atoms in total. The van der Waals surface area contributed by atoms with Crippen LogP contribution in [0.1, 0.15) is 60.8 Å². The fourth-order valence-electron chi connectivity index (χ4n) is 7.24. The minimum absolute atomic E-state index is 0.164. The number of hydrogen-bond acceptors (Lipinski definition) is 2. The van der Waals surface area contributed by atoms with Crippen molar-refractivity contribution in [3.8, 4) is 5.75 Å². The molecule has 4 bridgehead atoms. The molecule has 1 amide bonds. The molecule has 2 aromatic rings. The molecule has 2 atom stereocenters. The zero-order valence-corrected chi connectivity index (χ0v) is 19.2. The largest absolute Gasteiger partial charge is 0.497 e. The molecule has 0 radical (unpaired) electrons. The molecule has 1 N–H and O–H groups in total. The Morgan fingerprint density at radius 3 is 2.35 bits per heavy atom. The monoisotopic (exact) mass is 417 g/mol. The first-order valence-electron chi connectivity index (χ1n) is 11.9. The summed E-state index contributed by atoms with van der Waals surface area (Å²) in [4.78, 5) is 13.6. The molecular weight excluding hydrogens is 382 g/mol. The Bertz CT molecular complexity index is 963. The number of methoxy groups -OCH3 is 1. The van der Waals surface area contributed by atoms with Crippen molar-refractivity contribution >= 4 is 5.91 Å². The third kappa shape index (κ3) is 3.66. The molecule has 6 rings (SSSR count). The fraction of sp³-hybridized carbons (Fsp3) is 0.536. The van der Waals surface area contributed by atoms with E-state index in [1.807, 2.05) is 12.1 Å². The van der Waals surface area contributed by atoms with Crippen LogP contribution in [0, 0.1) is 31.1 Å². The number of benzene rings is 2. The first-order valence-corrected chi connectivity index (χ1v) is 11.9. The lowest BCUT2D eigenvalue weighted by molar-refractivity contribution is -0.149. The number of aryl methyl sites for hydroxylation is 2. The van der Waals surface area contributed by atoms with Gasteiger partial charge in [-0.05, 0) is 110 Å². The van der Waals surface area contributed by atoms with Crippen LogP contribution in [-0.4, -0.2) is 19.6 Å². The number of amides is 1. The number of ether oxygens (including phenoxy) is 1. The van der Waals surface area contributed by atoms with Crippen molar-refractivity contribution in [2.24, 2.45) is 17.3 Å². The zero-order chi connectivity index (χ0) is 21.6. The van der Waals surface area contributed by atoms with E-state index in [2.05, 4.69) is 49.5 Å². The highest BCUT2D eigenvalue weighted by atomic mass is 16.5. The minimum atomic E-state index is -0.164. The van der Waals surface area contributed by atoms with E-state index in [1.54, 1.807) is 7.11 Å². The predicted octanol–water partition coefficient (Wildman–Crippen LogP) is 5.51. The topological polar surface area (TPSA) is 38.3 Å². The average molecular weight is 418 g/mol. The summed E-state index contributed by atoms with van der Waals surface area (Å²) in [5.41, 5.74) is 5.50. The van der Waals surface area contributed by atoms with Crippen LogP contribution in [0.2, 0.25) is 0 Å². The molecule has 4 aliphatic carbocycles. The molecule has 4 fully saturated rings. The van der Waals surface area contributed by atoms with Gasteiger partial charge in [-0.1, -0.05) is 30.3 Å². The first-order chi connectivity index (χ1) is 14.9. The molecule has 0 saturated heterocycles. The van der Waals surface area contributed by atoms with Gasteiger partial charge in [0.25, 0.3) is 0 Å². The Morgan fingerprint density at radius 2 is 1.71 bits per heavy atom. The Balaban J connectivity index is 1.31. The van der Waals surface area contributed by atoms with Gasteiger partial charge in [-0.2, -0.15) is 0 Å². The van der Waals surface area contributed by atoms with Crippen LogP contribution in [0.5, 0.6) is 5.75 Å². The normalized spacial score (nSPS) is 30.9. The Labute approximate surface area is 186 Å². The predicted molar refractivity (Wildman–Crippen MR) is 124 cm³/mol. The van der Waals surface area contributed by atoms with Gasteiger partial charge >= 0.3 is 0 Å². The standard InChI is InChI=1S/C28H35NO2/c1-19-4-7-24(12-20(19)2)27-14-22-13-23(15-27)17-28(16-22,18-27)26(30)29-11-10-21-5-8-25(31-3)9-6-21/h4-9,12,22-23H,10-11,13-18H2,1-3H3,(H,29,30). The molecule has 0 heterocycles. The number of carbonyl (C=O) groups is 1. The molecule has 164 valence electrons. The molecule has 0 spiro atoms. The number of nitrogens with one attached hydrogen (secondary N) is 1. The SMILES string of the molecule is COc1ccc(CCNC(=O)C23CC4CC(C2)CC(c2ccc(C)c(C)c2)(C4)C3)cc1. The Kier molecular flexibility index (Phi) is 5.11. The van der Waals surface area contributed by atoms with Crippen molar-refractivity contribution in [1.82, 2.24) is 5.32 Å². The van der Waals surface area contributed by atoms with Gasteiger partial charge in [0.05, 0.1) is 12.5 Å². The van der Waals surface area contributed by atoms with Gasteiger partial charge in [0, 0.05) is 6.54 Å². The lowest BCUT2D eigenvalue weighted by Gasteiger charge is -2.61. The molecule has 31 heavy (non-hydrogen) atoms. The van der Waals surface area contributed by atoms with Crippen LogP contribution in [0.15, 0.2) is 42.5 Å². The summed E-state index contributed by atoms with van der Waals surface area (Å²) in [6.07, 6.45) is 7.94. The number of carbonyl (C=O) groups excluding carboxylic acids is 1. The van der Waals surface area contributed by atoms with E-state index >= 15 is 0 Å². The molecule has 2 unspecified atom stereocenters. The van der Waals surface area contributed by atoms with Gasteiger partial charge in [-0.25, -0.2) is 0 Å². The van der Waals surface area contributed by atoms with Crippen molar-refractivity contribution in [3.05, 3.63) is 64.7 Å². The van der Waals surface area contributed by atoms with Crippen molar-refractivity contribution in [2.45, 2.75) is 64.2 Å². The van der Waals surface area contributed by atoms with E-state index in [1.165, 1.54) is 41.5 Å². The summed E-state index contributed by atoms with van der Waals surface area (Å²) in [5.74, 6) is 2.59. The average Bonchev–Trinajstić information content (AvgIpc) is 2.75. The third-order valence-electron chi connectivity index (χ3n) is 8.52. The van der Waals surface area contributed by atoms with Gasteiger partial charge in [0.2, 0.25) is 5.91 Å². The molecule has 0 aromatic heterocycles. The number of rotatable bonds is 6. The highest BCUT2D eigenvalue weighted by molar-refractivity contribution is 5.83. The van der Waals surface area contributed by atoms with Crippen molar-refractivity contribution < 1.29 is 9.53 Å². The van der Waals surface area contributed by atoms with Crippen LogP contribution in [0.4, 0.5) is 0 Å². The maximum absolute atomic E-state index is 13.6. The smallest absolute Gasteiger partial charge is 0.226 e. The van der Waals surface area contributed by atoms with E-state index < -0.39 is 0 Å². The zero-order valence-electron chi connectivity index (χ0n) is 19.2. The van der Waals surface area contributed by atoms with Crippen LogP contribution >= 0.6 is 0 Å². The van der Waals surface area contributed by atoms with E-state index in [0.29, 0.717) is 24.3 Å². The fourth-order valence-corrected chi connectivity index (χ4v) is 7.24. The van der Waals surface area contributed by atoms with Crippen LogP contribution < -0.4 is 10.1 Å². The second kappa shape index (κ2) is 7.69. The Hall–Kier alpha value is -2.29. The number of hydrogen-bond donors (Lipinski definition) is 1. The second-order valence-corrected chi connectivity index (χ2v) is 10.7. The molecule has 4 saturated carbocycles. The van der Waals surface area contributed by atoms with Gasteiger partial charge in [0.1, 0.15) is 5.75 Å². The summed E-state index contributed by atoms with van der Waals surface area (Å²) < 4.78 is 5.24. The first kappa shape index (κ1) is 20.6. The molecule has 3 heteroatoms. The quantitative estimate of drug-likeness (QED) is 0.673. The van der Waals surface area contributed by atoms with E-state index in [-0.39, 0.29) is 10.8 Å². The van der Waals surface area contributed by atoms with Crippen LogP contribution in [0.3, 0.4) is 0 Å². The van der Waals surface area contributed by atoms with Gasteiger partial charge in [0.15, 0.2) is 0 Å². The van der Waals surface area contributed by atoms with E-state index in [4.69, 9.17) is 4.74 Å². The lowest BCUT2D eigenvalue weighted by atomic mass is 9.42. The summed E-state index contributed by atoms with van der Waals surface area (Å²) in [7, 11) is 1.69. The van der Waals surface area contributed by atoms with E-state index in [0.717, 1.165) is 31.4 Å². The van der Waals surface area contributed by atoms with Crippen molar-refractivity contribution in [1.29, 1.82) is 0 Å². The summed E-state index contributed by atoms with van der Waals surface area (Å²) >= 11 is 0. The lowest BCUT2D eigenvalue weighted by Crippen LogP contribution is -2.59. The summed E-state index contributed by atoms with van der Waals surface area (Å²) in [5, 5.41) is 3.34. The van der Waals surface area contributed by atoms with Gasteiger partial charge in [-0.15, -0.1) is 0 Å². The summed E-state index contributed by atoms with van der Waals surface area (Å²) in [6.45, 7) is 5.12. The Morgan fingerprint density at radius 1 is 1.00 bits per heavy atom. The molecule has 2 aromatic carbocycles. The third-order valence-corrected chi connectivity index (χ3v) is 8.52. The van der Waals surface area contributed by atoms with Crippen LogP contribution in [-0.2, 0) is 16.6 Å². The second-order valence-electron chi connectivity index (χ2n) is 10.7. The van der Waals surface area contributed by atoms with Crippen molar-refractivity contribution in [2.75, 3.05) is 13.7 Å². The molecule has 4 aliphatic rings. The minimum Gasteiger partial charge on any atom is -0.497 e. The van der Waals surface area contributed by atoms with Crippen molar-refractivity contribution in [3.63, 3.8) is 0 Å². The highest BCUT2D eigenvalue weighted by Gasteiger charge is 2.60.